The van der Waals surface area contributed by atoms with Crippen molar-refractivity contribution in [2.45, 2.75) is 33.6 Å². The fourth-order valence-corrected chi connectivity index (χ4v) is 2.06. The molecule has 0 fully saturated rings. The van der Waals surface area contributed by atoms with Crippen LogP contribution < -0.4 is 10.1 Å². The first-order chi connectivity index (χ1) is 10.2. The molecule has 5 heteroatoms. The molecule has 1 aromatic rings. The Morgan fingerprint density at radius 1 is 1.27 bits per heavy atom. The van der Waals surface area contributed by atoms with Crippen LogP contribution >= 0.6 is 0 Å². The lowest BCUT2D eigenvalue weighted by molar-refractivity contribution is -0.149. The minimum absolute atomic E-state index is 0.0163. The van der Waals surface area contributed by atoms with E-state index >= 15 is 0 Å². The van der Waals surface area contributed by atoms with Crippen molar-refractivity contribution in [3.05, 3.63) is 29.8 Å². The molecule has 0 saturated carbocycles. The van der Waals surface area contributed by atoms with E-state index in [-0.39, 0.29) is 18.2 Å². The number of nitrogens with one attached hydrogen (secondary N) is 1. The molecule has 22 heavy (non-hydrogen) atoms. The van der Waals surface area contributed by atoms with Gasteiger partial charge in [-0.15, -0.1) is 0 Å². The van der Waals surface area contributed by atoms with Crippen molar-refractivity contribution >= 4 is 11.9 Å². The molecule has 1 amide bonds. The van der Waals surface area contributed by atoms with Gasteiger partial charge in [0.25, 0.3) is 0 Å². The molecule has 0 bridgehead atoms. The third kappa shape index (κ3) is 5.76. The summed E-state index contributed by atoms with van der Waals surface area (Å²) in [5.74, 6) is -0.103. The molecular weight excluding hydrogens is 282 g/mol. The highest BCUT2D eigenvalue weighted by Crippen LogP contribution is 2.20. The zero-order valence-corrected chi connectivity index (χ0v) is 13.7. The predicted molar refractivity (Wildman–Crippen MR) is 84.9 cm³/mol. The van der Waals surface area contributed by atoms with E-state index < -0.39 is 11.4 Å². The van der Waals surface area contributed by atoms with E-state index in [2.05, 4.69) is 5.32 Å². The van der Waals surface area contributed by atoms with Crippen LogP contribution in [0.15, 0.2) is 24.3 Å². The summed E-state index contributed by atoms with van der Waals surface area (Å²) in [5.41, 5.74) is 0.136. The lowest BCUT2D eigenvalue weighted by atomic mass is 9.89. The van der Waals surface area contributed by atoms with Crippen LogP contribution in [0, 0.1) is 11.3 Å². The second-order valence-electron chi connectivity index (χ2n) is 6.33. The van der Waals surface area contributed by atoms with Gasteiger partial charge in [0.05, 0.1) is 12.5 Å². The highest BCUT2D eigenvalue weighted by atomic mass is 16.5. The topological polar surface area (TPSA) is 75.6 Å². The monoisotopic (exact) mass is 307 g/mol. The minimum Gasteiger partial charge on any atom is -0.497 e. The summed E-state index contributed by atoms with van der Waals surface area (Å²) in [6.45, 7) is 5.68. The number of carbonyl (C=O) groups excluding carboxylic acids is 1. The van der Waals surface area contributed by atoms with Crippen molar-refractivity contribution in [3.63, 3.8) is 0 Å². The number of amides is 1. The van der Waals surface area contributed by atoms with E-state index in [0.29, 0.717) is 6.54 Å². The number of carbonyl (C=O) groups is 2. The molecule has 5 nitrogen and oxygen atoms in total. The number of aliphatic carboxylic acids is 1. The first-order valence-electron chi connectivity index (χ1n) is 7.37. The number of carboxylic acid groups (broad SMARTS) is 1. The van der Waals surface area contributed by atoms with E-state index in [0.717, 1.165) is 12.2 Å². The quantitative estimate of drug-likeness (QED) is 0.773. The van der Waals surface area contributed by atoms with E-state index in [1.807, 2.05) is 31.2 Å². The molecule has 0 heterocycles. The van der Waals surface area contributed by atoms with Crippen LogP contribution in [-0.4, -0.2) is 30.6 Å². The molecule has 1 unspecified atom stereocenters. The van der Waals surface area contributed by atoms with Crippen LogP contribution in [-0.2, 0) is 16.0 Å². The summed E-state index contributed by atoms with van der Waals surface area (Å²) in [7, 11) is 1.63. The number of hydrogen-bond donors (Lipinski definition) is 2. The Morgan fingerprint density at radius 2 is 1.86 bits per heavy atom. The van der Waals surface area contributed by atoms with E-state index in [1.165, 1.54) is 5.56 Å². The molecule has 0 saturated heterocycles. The predicted octanol–water partition coefficient (Wildman–Crippen LogP) is 2.49. The van der Waals surface area contributed by atoms with Gasteiger partial charge in [0.2, 0.25) is 5.91 Å². The Bertz CT molecular complexity index is 508. The van der Waals surface area contributed by atoms with Crippen LogP contribution in [0.1, 0.15) is 32.8 Å². The van der Waals surface area contributed by atoms with Crippen molar-refractivity contribution in [2.75, 3.05) is 13.7 Å². The Balaban J connectivity index is 2.40. The molecule has 1 rings (SSSR count). The van der Waals surface area contributed by atoms with Crippen LogP contribution in [0.4, 0.5) is 0 Å². The lowest BCUT2D eigenvalue weighted by Crippen LogP contribution is -2.35. The number of methoxy groups -OCH3 is 1. The maximum Gasteiger partial charge on any atom is 0.309 e. The Labute approximate surface area is 131 Å². The summed E-state index contributed by atoms with van der Waals surface area (Å²) in [4.78, 5) is 22.8. The van der Waals surface area contributed by atoms with Crippen molar-refractivity contribution in [1.82, 2.24) is 5.32 Å². The fraction of sp³-hybridized carbons (Fsp3) is 0.529. The molecular formula is C17H25NO4. The van der Waals surface area contributed by atoms with Crippen LogP contribution in [0.25, 0.3) is 0 Å². The number of rotatable bonds is 8. The zero-order chi connectivity index (χ0) is 16.8. The number of carboxylic acids is 1. The molecule has 0 aliphatic rings. The summed E-state index contributed by atoms with van der Waals surface area (Å²) in [5, 5.41) is 11.8. The van der Waals surface area contributed by atoms with Gasteiger partial charge in [-0.2, -0.15) is 0 Å². The van der Waals surface area contributed by atoms with Gasteiger partial charge in [-0.3, -0.25) is 9.59 Å². The molecule has 0 aliphatic carbocycles. The van der Waals surface area contributed by atoms with Gasteiger partial charge in [-0.25, -0.2) is 0 Å². The number of ether oxygens (including phenoxy) is 1. The lowest BCUT2D eigenvalue weighted by Gasteiger charge is -2.19. The maximum absolute atomic E-state index is 11.8. The summed E-state index contributed by atoms with van der Waals surface area (Å²) in [6, 6.07) is 7.83. The van der Waals surface area contributed by atoms with Crippen LogP contribution in [0.5, 0.6) is 5.75 Å². The van der Waals surface area contributed by atoms with Gasteiger partial charge in [0.1, 0.15) is 5.75 Å². The van der Waals surface area contributed by atoms with Gasteiger partial charge in [-0.05, 0) is 43.9 Å². The SMILES string of the molecule is COc1ccc(CC(C)CNC(=O)CC(C)(C)C(=O)O)cc1. The van der Waals surface area contributed by atoms with E-state index in [4.69, 9.17) is 9.84 Å². The van der Waals surface area contributed by atoms with Gasteiger partial charge < -0.3 is 15.2 Å². The Kier molecular flexibility index (Phi) is 6.40. The maximum atomic E-state index is 11.8. The minimum atomic E-state index is -1.04. The average molecular weight is 307 g/mol. The first kappa shape index (κ1) is 18.0. The van der Waals surface area contributed by atoms with Crippen molar-refractivity contribution in [3.8, 4) is 5.75 Å². The second-order valence-corrected chi connectivity index (χ2v) is 6.33. The second kappa shape index (κ2) is 7.82. The van der Waals surface area contributed by atoms with Crippen molar-refractivity contribution < 1.29 is 19.4 Å². The number of hydrogen-bond acceptors (Lipinski definition) is 3. The first-order valence-corrected chi connectivity index (χ1v) is 7.37. The van der Waals surface area contributed by atoms with E-state index in [1.54, 1.807) is 21.0 Å². The number of benzene rings is 1. The van der Waals surface area contributed by atoms with Crippen molar-refractivity contribution in [2.24, 2.45) is 11.3 Å². The molecule has 2 N–H and O–H groups in total. The standard InChI is InChI=1S/C17H25NO4/c1-12(9-13-5-7-14(22-4)8-6-13)11-18-15(19)10-17(2,3)16(20)21/h5-8,12H,9-11H2,1-4H3,(H,18,19)(H,20,21). The average Bonchev–Trinajstić information content (AvgIpc) is 2.45. The molecule has 0 aromatic heterocycles. The molecule has 0 radical (unpaired) electrons. The van der Waals surface area contributed by atoms with Gasteiger partial charge in [-0.1, -0.05) is 19.1 Å². The summed E-state index contributed by atoms with van der Waals surface area (Å²) >= 11 is 0. The fourth-order valence-electron chi connectivity index (χ4n) is 2.06. The molecule has 1 atom stereocenters. The van der Waals surface area contributed by atoms with Crippen LogP contribution in [0.3, 0.4) is 0 Å². The van der Waals surface area contributed by atoms with E-state index in [9.17, 15) is 9.59 Å². The van der Waals surface area contributed by atoms with Crippen molar-refractivity contribution in [1.29, 1.82) is 0 Å². The molecule has 0 aliphatic heterocycles. The van der Waals surface area contributed by atoms with Gasteiger partial charge >= 0.3 is 5.97 Å². The largest absolute Gasteiger partial charge is 0.497 e. The van der Waals surface area contributed by atoms with Gasteiger partial charge in [0, 0.05) is 13.0 Å². The smallest absolute Gasteiger partial charge is 0.309 e. The van der Waals surface area contributed by atoms with Crippen LogP contribution in [0.2, 0.25) is 0 Å². The highest BCUT2D eigenvalue weighted by molar-refractivity contribution is 5.84. The summed E-state index contributed by atoms with van der Waals surface area (Å²) < 4.78 is 5.11. The zero-order valence-electron chi connectivity index (χ0n) is 13.7. The normalized spacial score (nSPS) is 12.5. The highest BCUT2D eigenvalue weighted by Gasteiger charge is 2.30. The summed E-state index contributed by atoms with van der Waals surface area (Å²) in [6.07, 6.45) is 0.824. The van der Waals surface area contributed by atoms with Gasteiger partial charge in [0.15, 0.2) is 0 Å². The third-order valence-electron chi connectivity index (χ3n) is 3.57. The molecule has 1 aromatic carbocycles. The Morgan fingerprint density at radius 3 is 2.36 bits per heavy atom. The Hall–Kier alpha value is -2.04. The molecule has 122 valence electrons. The molecule has 0 spiro atoms. The third-order valence-corrected chi connectivity index (χ3v) is 3.57.